The fraction of sp³-hybridized carbons (Fsp3) is 0.111. The van der Waals surface area contributed by atoms with Crippen LogP contribution in [0.2, 0.25) is 0 Å². The van der Waals surface area contributed by atoms with Crippen molar-refractivity contribution in [1.82, 2.24) is 0 Å². The van der Waals surface area contributed by atoms with Crippen molar-refractivity contribution in [3.8, 4) is 0 Å². The molecule has 0 saturated carbocycles. The van der Waals surface area contributed by atoms with E-state index in [1.807, 2.05) is 34.0 Å². The van der Waals surface area contributed by atoms with Gasteiger partial charge in [-0.15, -0.1) is 34.0 Å². The molecular weight excluding hydrogens is 284 g/mol. The topological polar surface area (TPSA) is 0 Å². The Bertz CT molecular complexity index is 533. The van der Waals surface area contributed by atoms with Crippen LogP contribution >= 0.6 is 49.9 Å². The molecule has 0 amide bonds. The summed E-state index contributed by atoms with van der Waals surface area (Å²) in [7, 11) is 0. The van der Waals surface area contributed by atoms with Crippen LogP contribution in [0.3, 0.4) is 0 Å². The fourth-order valence-corrected chi connectivity index (χ4v) is 5.95. The third-order valence-corrected chi connectivity index (χ3v) is 6.11. The van der Waals surface area contributed by atoms with E-state index >= 15 is 0 Å². The Hall–Kier alpha value is 0.1000. The Labute approximate surface area is 95.9 Å². The minimum absolute atomic E-state index is 1.24. The van der Waals surface area contributed by atoms with E-state index in [4.69, 9.17) is 0 Å². The second kappa shape index (κ2) is 2.79. The maximum absolute atomic E-state index is 3.53. The summed E-state index contributed by atoms with van der Waals surface area (Å²) in [5.41, 5.74) is 0. The predicted molar refractivity (Wildman–Crippen MR) is 67.5 cm³/mol. The van der Waals surface area contributed by atoms with E-state index in [2.05, 4.69) is 35.0 Å². The minimum atomic E-state index is 1.24. The highest BCUT2D eigenvalue weighted by Gasteiger charge is 2.10. The summed E-state index contributed by atoms with van der Waals surface area (Å²) in [6.07, 6.45) is 0. The molecule has 0 unspecified atom stereocenters. The summed E-state index contributed by atoms with van der Waals surface area (Å²) >= 11 is 9.16. The number of hydrogen-bond acceptors (Lipinski definition) is 3. The molecule has 0 aliphatic carbocycles. The highest BCUT2D eigenvalue weighted by atomic mass is 79.9. The normalized spacial score (nSPS) is 11.8. The molecule has 3 heterocycles. The zero-order chi connectivity index (χ0) is 9.00. The number of aryl methyl sites for hydroxylation is 1. The SMILES string of the molecule is Cc1cc2sc3cc(Br)sc3c2s1. The van der Waals surface area contributed by atoms with E-state index in [-0.39, 0.29) is 0 Å². The van der Waals surface area contributed by atoms with Crippen molar-refractivity contribution in [3.63, 3.8) is 0 Å². The molecule has 0 aliphatic heterocycles. The van der Waals surface area contributed by atoms with Gasteiger partial charge < -0.3 is 0 Å². The zero-order valence-corrected chi connectivity index (χ0v) is 10.8. The summed E-state index contributed by atoms with van der Waals surface area (Å²) in [5, 5.41) is 0. The molecule has 0 atom stereocenters. The number of hydrogen-bond donors (Lipinski definition) is 0. The molecule has 4 heteroatoms. The summed E-state index contributed by atoms with van der Waals surface area (Å²) in [5.74, 6) is 0. The van der Waals surface area contributed by atoms with Crippen molar-refractivity contribution in [2.24, 2.45) is 0 Å². The van der Waals surface area contributed by atoms with Crippen LogP contribution in [0.15, 0.2) is 15.9 Å². The van der Waals surface area contributed by atoms with Crippen LogP contribution in [-0.4, -0.2) is 0 Å². The molecule has 3 aromatic heterocycles. The standard InChI is InChI=1S/C9H5BrS3/c1-4-2-5-8(11-4)9-6(12-5)3-7(10)13-9/h2-3H,1H3. The van der Waals surface area contributed by atoms with Gasteiger partial charge in [-0.2, -0.15) is 0 Å². The first-order chi connectivity index (χ1) is 6.24. The van der Waals surface area contributed by atoms with Crippen LogP contribution in [0.25, 0.3) is 18.8 Å². The maximum Gasteiger partial charge on any atom is 0.0719 e. The smallest absolute Gasteiger partial charge is 0.0719 e. The lowest BCUT2D eigenvalue weighted by Gasteiger charge is -1.75. The summed E-state index contributed by atoms with van der Waals surface area (Å²) in [6.45, 7) is 2.17. The Morgan fingerprint density at radius 2 is 1.69 bits per heavy atom. The lowest BCUT2D eigenvalue weighted by molar-refractivity contribution is 1.66. The van der Waals surface area contributed by atoms with E-state index in [0.717, 1.165) is 0 Å². The molecule has 0 spiro atoms. The highest BCUT2D eigenvalue weighted by molar-refractivity contribution is 9.11. The quantitative estimate of drug-likeness (QED) is 0.530. The van der Waals surface area contributed by atoms with E-state index < -0.39 is 0 Å². The molecule has 3 rings (SSSR count). The second-order valence-electron chi connectivity index (χ2n) is 2.90. The van der Waals surface area contributed by atoms with Crippen LogP contribution in [0.5, 0.6) is 0 Å². The van der Waals surface area contributed by atoms with Crippen LogP contribution in [0.1, 0.15) is 4.88 Å². The fourth-order valence-electron chi connectivity index (χ4n) is 1.42. The van der Waals surface area contributed by atoms with Crippen molar-refractivity contribution in [2.75, 3.05) is 0 Å². The molecule has 3 aromatic rings. The van der Waals surface area contributed by atoms with Gasteiger partial charge in [-0.05, 0) is 35.0 Å². The van der Waals surface area contributed by atoms with Gasteiger partial charge in [-0.25, -0.2) is 0 Å². The molecule has 0 radical (unpaired) electrons. The van der Waals surface area contributed by atoms with Gasteiger partial charge in [0, 0.05) is 14.3 Å². The third-order valence-electron chi connectivity index (χ3n) is 1.92. The summed E-state index contributed by atoms with van der Waals surface area (Å²) < 4.78 is 7.01. The maximum atomic E-state index is 3.53. The molecule has 0 nitrogen and oxygen atoms in total. The third kappa shape index (κ3) is 1.20. The molecule has 0 bridgehead atoms. The molecule has 0 aromatic carbocycles. The Kier molecular flexibility index (Phi) is 1.81. The molecule has 0 N–H and O–H groups in total. The van der Waals surface area contributed by atoms with Crippen molar-refractivity contribution < 1.29 is 0 Å². The monoisotopic (exact) mass is 288 g/mol. The van der Waals surface area contributed by atoms with Crippen LogP contribution in [0.4, 0.5) is 0 Å². The van der Waals surface area contributed by atoms with E-state index in [1.54, 1.807) is 0 Å². The predicted octanol–water partition coefficient (Wildman–Crippen LogP) is 5.25. The first-order valence-electron chi connectivity index (χ1n) is 3.82. The van der Waals surface area contributed by atoms with Crippen molar-refractivity contribution >= 4 is 68.7 Å². The van der Waals surface area contributed by atoms with Crippen LogP contribution in [0, 0.1) is 6.92 Å². The van der Waals surface area contributed by atoms with Gasteiger partial charge in [-0.3, -0.25) is 0 Å². The van der Waals surface area contributed by atoms with Gasteiger partial charge in [-0.1, -0.05) is 0 Å². The largest absolute Gasteiger partial charge is 0.138 e. The first-order valence-corrected chi connectivity index (χ1v) is 7.06. The second-order valence-corrected chi connectivity index (χ2v) is 7.67. The van der Waals surface area contributed by atoms with E-state index in [1.165, 1.54) is 27.5 Å². The zero-order valence-electron chi connectivity index (χ0n) is 6.76. The average Bonchev–Trinajstić information content (AvgIpc) is 2.60. The Morgan fingerprint density at radius 1 is 1.00 bits per heavy atom. The van der Waals surface area contributed by atoms with Crippen LogP contribution < -0.4 is 0 Å². The molecule has 66 valence electrons. The Morgan fingerprint density at radius 3 is 2.54 bits per heavy atom. The first kappa shape index (κ1) is 8.41. The Balaban J connectivity index is 2.56. The van der Waals surface area contributed by atoms with Gasteiger partial charge in [0.15, 0.2) is 0 Å². The van der Waals surface area contributed by atoms with Gasteiger partial charge in [0.05, 0.1) is 13.2 Å². The molecule has 0 aliphatic rings. The number of rotatable bonds is 0. The number of halogens is 1. The lowest BCUT2D eigenvalue weighted by atomic mass is 10.4. The number of fused-ring (bicyclic) bond motifs is 3. The summed E-state index contributed by atoms with van der Waals surface area (Å²) in [4.78, 5) is 1.41. The average molecular weight is 289 g/mol. The van der Waals surface area contributed by atoms with E-state index in [9.17, 15) is 0 Å². The van der Waals surface area contributed by atoms with Gasteiger partial charge in [0.2, 0.25) is 0 Å². The van der Waals surface area contributed by atoms with Crippen LogP contribution in [-0.2, 0) is 0 Å². The molecular formula is C9H5BrS3. The van der Waals surface area contributed by atoms with Crippen molar-refractivity contribution in [1.29, 1.82) is 0 Å². The molecule has 0 fully saturated rings. The molecule has 13 heavy (non-hydrogen) atoms. The van der Waals surface area contributed by atoms with E-state index in [0.29, 0.717) is 0 Å². The van der Waals surface area contributed by atoms with Gasteiger partial charge >= 0.3 is 0 Å². The minimum Gasteiger partial charge on any atom is -0.138 e. The molecule has 0 saturated heterocycles. The van der Waals surface area contributed by atoms with Gasteiger partial charge in [0.1, 0.15) is 0 Å². The number of thiophene rings is 3. The lowest BCUT2D eigenvalue weighted by Crippen LogP contribution is -1.46. The van der Waals surface area contributed by atoms with Crippen molar-refractivity contribution in [3.05, 3.63) is 20.8 Å². The van der Waals surface area contributed by atoms with Crippen molar-refractivity contribution in [2.45, 2.75) is 6.92 Å². The summed E-state index contributed by atoms with van der Waals surface area (Å²) in [6, 6.07) is 4.50. The highest BCUT2D eigenvalue weighted by Crippen LogP contribution is 2.44. The van der Waals surface area contributed by atoms with Gasteiger partial charge in [0.25, 0.3) is 0 Å².